The molecule has 0 saturated heterocycles. The smallest absolute Gasteiger partial charge is 0.140 e. The van der Waals surface area contributed by atoms with Gasteiger partial charge < -0.3 is 9.32 Å². The largest absolute Gasteiger partial charge is 0.456 e. The molecule has 0 radical (unpaired) electrons. The molecule has 0 aliphatic heterocycles. The van der Waals surface area contributed by atoms with Gasteiger partial charge in [-0.15, -0.1) is 11.3 Å². The molecule has 0 atom stereocenters. The zero-order valence-electron chi connectivity index (χ0n) is 29.1. The third kappa shape index (κ3) is 4.51. The molecule has 0 spiro atoms. The highest BCUT2D eigenvalue weighted by Gasteiger charge is 2.43. The average molecular weight is 696 g/mol. The van der Waals surface area contributed by atoms with E-state index in [1.807, 2.05) is 11.3 Å². The van der Waals surface area contributed by atoms with E-state index < -0.39 is 5.41 Å². The van der Waals surface area contributed by atoms with Crippen molar-refractivity contribution in [3.05, 3.63) is 199 Å². The normalized spacial score (nSPS) is 13.2. The lowest BCUT2D eigenvalue weighted by molar-refractivity contribution is 0.638. The molecule has 0 N–H and O–H groups in total. The third-order valence-electron chi connectivity index (χ3n) is 11.3. The van der Waals surface area contributed by atoms with Crippen molar-refractivity contribution in [2.24, 2.45) is 0 Å². The molecule has 1 aliphatic rings. The summed E-state index contributed by atoms with van der Waals surface area (Å²) in [5, 5.41) is 4.80. The predicted molar refractivity (Wildman–Crippen MR) is 224 cm³/mol. The van der Waals surface area contributed by atoms with Crippen molar-refractivity contribution in [3.8, 4) is 22.3 Å². The van der Waals surface area contributed by atoms with E-state index in [9.17, 15) is 0 Å². The van der Waals surface area contributed by atoms with Crippen molar-refractivity contribution in [1.29, 1.82) is 0 Å². The quantitative estimate of drug-likeness (QED) is 0.178. The van der Waals surface area contributed by atoms with Gasteiger partial charge in [0.2, 0.25) is 0 Å². The number of hydrogen-bond acceptors (Lipinski definition) is 3. The molecule has 0 amide bonds. The van der Waals surface area contributed by atoms with Crippen LogP contribution in [0.5, 0.6) is 0 Å². The van der Waals surface area contributed by atoms with E-state index in [4.69, 9.17) is 4.42 Å². The topological polar surface area (TPSA) is 16.4 Å². The highest BCUT2D eigenvalue weighted by atomic mass is 32.1. The molecule has 0 fully saturated rings. The van der Waals surface area contributed by atoms with Gasteiger partial charge in [-0.1, -0.05) is 127 Å². The lowest BCUT2D eigenvalue weighted by Gasteiger charge is -2.31. The second-order valence-corrected chi connectivity index (χ2v) is 15.3. The van der Waals surface area contributed by atoms with E-state index in [1.165, 1.54) is 53.6 Å². The Morgan fingerprint density at radius 1 is 0.434 bits per heavy atom. The molecule has 1 aliphatic carbocycles. The molecular formula is C50H33NOS. The number of rotatable bonds is 5. The maximum atomic E-state index is 6.88. The second-order valence-electron chi connectivity index (χ2n) is 14.2. The van der Waals surface area contributed by atoms with Crippen LogP contribution < -0.4 is 4.90 Å². The minimum atomic E-state index is -0.453. The number of fused-ring (bicyclic) bond motifs is 9. The first kappa shape index (κ1) is 30.2. The van der Waals surface area contributed by atoms with Crippen LogP contribution >= 0.6 is 11.3 Å². The Kier molecular flexibility index (Phi) is 6.58. The number of hydrogen-bond donors (Lipinski definition) is 0. The molecule has 10 aromatic rings. The summed E-state index contributed by atoms with van der Waals surface area (Å²) >= 11 is 1.85. The van der Waals surface area contributed by atoms with Crippen LogP contribution in [-0.4, -0.2) is 0 Å². The Bertz CT molecular complexity index is 2980. The molecule has 53 heavy (non-hydrogen) atoms. The Balaban J connectivity index is 1.21. The Morgan fingerprint density at radius 3 is 1.79 bits per heavy atom. The third-order valence-corrected chi connectivity index (χ3v) is 12.5. The van der Waals surface area contributed by atoms with E-state index >= 15 is 0 Å². The van der Waals surface area contributed by atoms with Gasteiger partial charge in [0.25, 0.3) is 0 Å². The first-order valence-corrected chi connectivity index (χ1v) is 19.0. The molecule has 2 heterocycles. The van der Waals surface area contributed by atoms with Crippen LogP contribution in [0.15, 0.2) is 186 Å². The van der Waals surface area contributed by atoms with E-state index in [1.54, 1.807) is 0 Å². The van der Waals surface area contributed by atoms with E-state index in [0.717, 1.165) is 44.6 Å². The van der Waals surface area contributed by atoms with Crippen molar-refractivity contribution in [2.45, 2.75) is 12.3 Å². The van der Waals surface area contributed by atoms with E-state index in [2.05, 4.69) is 194 Å². The maximum Gasteiger partial charge on any atom is 0.140 e. The van der Waals surface area contributed by atoms with Crippen LogP contribution in [0.3, 0.4) is 0 Å². The Labute approximate surface area is 311 Å². The minimum Gasteiger partial charge on any atom is -0.456 e. The van der Waals surface area contributed by atoms with Crippen molar-refractivity contribution in [2.75, 3.05) is 4.90 Å². The van der Waals surface area contributed by atoms with Crippen LogP contribution in [0.2, 0.25) is 0 Å². The molecule has 0 unspecified atom stereocenters. The monoisotopic (exact) mass is 695 g/mol. The molecular weight excluding hydrogens is 663 g/mol. The summed E-state index contributed by atoms with van der Waals surface area (Å²) in [5.41, 5.74) is 13.4. The van der Waals surface area contributed by atoms with Gasteiger partial charge in [0, 0.05) is 59.0 Å². The molecule has 2 aromatic heterocycles. The van der Waals surface area contributed by atoms with Gasteiger partial charge in [0.05, 0.1) is 0 Å². The van der Waals surface area contributed by atoms with E-state index in [0.29, 0.717) is 0 Å². The minimum absolute atomic E-state index is 0.453. The van der Waals surface area contributed by atoms with E-state index in [-0.39, 0.29) is 0 Å². The van der Waals surface area contributed by atoms with Crippen LogP contribution in [0.25, 0.3) is 64.4 Å². The van der Waals surface area contributed by atoms with Crippen molar-refractivity contribution in [3.63, 3.8) is 0 Å². The van der Waals surface area contributed by atoms with Gasteiger partial charge in [0.1, 0.15) is 11.2 Å². The van der Waals surface area contributed by atoms with Crippen LogP contribution in [0.4, 0.5) is 17.1 Å². The number of furan rings is 1. The summed E-state index contributed by atoms with van der Waals surface area (Å²) in [6, 6.07) is 66.3. The van der Waals surface area contributed by atoms with Gasteiger partial charge in [-0.3, -0.25) is 0 Å². The summed E-state index contributed by atoms with van der Waals surface area (Å²) in [7, 11) is 0. The van der Waals surface area contributed by atoms with Gasteiger partial charge in [-0.25, -0.2) is 0 Å². The van der Waals surface area contributed by atoms with Crippen LogP contribution in [0.1, 0.15) is 23.6 Å². The van der Waals surface area contributed by atoms with Gasteiger partial charge in [-0.05, 0) is 94.9 Å². The number of para-hydroxylation sites is 1. The summed E-state index contributed by atoms with van der Waals surface area (Å²) in [5.74, 6) is 0. The molecule has 0 bridgehead atoms. The first-order valence-electron chi connectivity index (χ1n) is 18.2. The van der Waals surface area contributed by atoms with Crippen molar-refractivity contribution < 1.29 is 4.42 Å². The summed E-state index contributed by atoms with van der Waals surface area (Å²) < 4.78 is 9.47. The zero-order valence-corrected chi connectivity index (χ0v) is 29.9. The SMILES string of the molecule is CC1(c2cc(N(c3ccc(-c4ccccc4)cc3)c3ccc4sc5ccccc5c4c3)cc3c2oc2ccccc23)c2ccccc2-c2ccccc21. The molecule has 11 rings (SSSR count). The summed E-state index contributed by atoms with van der Waals surface area (Å²) in [4.78, 5) is 2.43. The van der Waals surface area contributed by atoms with Crippen LogP contribution in [-0.2, 0) is 5.41 Å². The lowest BCUT2D eigenvalue weighted by atomic mass is 9.73. The van der Waals surface area contributed by atoms with Crippen molar-refractivity contribution in [1.82, 2.24) is 0 Å². The summed E-state index contributed by atoms with van der Waals surface area (Å²) in [6.07, 6.45) is 0. The Morgan fingerprint density at radius 2 is 1.02 bits per heavy atom. The molecule has 0 saturated carbocycles. The first-order chi connectivity index (χ1) is 26.1. The Hall–Kier alpha value is -6.42. The average Bonchev–Trinajstić information content (AvgIpc) is 3.87. The van der Waals surface area contributed by atoms with Gasteiger partial charge in [-0.2, -0.15) is 0 Å². The zero-order chi connectivity index (χ0) is 35.1. The molecule has 2 nitrogen and oxygen atoms in total. The highest BCUT2D eigenvalue weighted by Crippen LogP contribution is 2.55. The van der Waals surface area contributed by atoms with Crippen molar-refractivity contribution >= 4 is 70.5 Å². The molecule has 3 heteroatoms. The molecule has 250 valence electrons. The summed E-state index contributed by atoms with van der Waals surface area (Å²) in [6.45, 7) is 2.38. The van der Waals surface area contributed by atoms with Gasteiger partial charge in [0.15, 0.2) is 0 Å². The predicted octanol–water partition coefficient (Wildman–Crippen LogP) is 14.4. The maximum absolute atomic E-state index is 6.88. The van der Waals surface area contributed by atoms with Gasteiger partial charge >= 0.3 is 0 Å². The number of anilines is 3. The fraction of sp³-hybridized carbons (Fsp3) is 0.0400. The fourth-order valence-corrected chi connectivity index (χ4v) is 9.88. The molecule has 8 aromatic carbocycles. The lowest BCUT2D eigenvalue weighted by Crippen LogP contribution is -2.23. The fourth-order valence-electron chi connectivity index (χ4n) is 8.79. The second kappa shape index (κ2) is 11.5. The number of benzene rings is 8. The number of nitrogens with zero attached hydrogens (tertiary/aromatic N) is 1. The highest BCUT2D eigenvalue weighted by molar-refractivity contribution is 7.25. The number of thiophene rings is 1. The standard InChI is InChI=1S/C50H33NOS/c1-50(43-19-9-5-15-37(43)38-16-6-10-20-44(38)50)45-31-36(30-42-39-17-7-11-21-46(39)52-49(42)45)51(34-25-23-33(24-26-34)32-13-3-2-4-14-32)35-27-28-48-41(29-35)40-18-8-12-22-47(40)53-48/h2-31H,1H3. The van der Waals surface area contributed by atoms with Crippen LogP contribution in [0, 0.1) is 0 Å².